The third-order valence-electron chi connectivity index (χ3n) is 5.14. The highest BCUT2D eigenvalue weighted by atomic mass is 19.2. The summed E-state index contributed by atoms with van der Waals surface area (Å²) >= 11 is 0. The number of quaternary nitrogens is 2. The highest BCUT2D eigenvalue weighted by Gasteiger charge is 2.58. The van der Waals surface area contributed by atoms with Gasteiger partial charge in [-0.15, -0.1) is 4.71 Å². The van der Waals surface area contributed by atoms with Gasteiger partial charge in [0.15, 0.2) is 19.1 Å². The smallest absolute Gasteiger partial charge is 0.200 e. The number of fused-ring (bicyclic) bond motifs is 3. The standard InChI is InChI=1S/C16H25FN2O/c1-14(20-13-15-6-4-3-5-7-15)16-12-18(2)8-10-19(16,17)11-9-18/h3-7,14,16H,8-13H2,1-2H3/q+2/t14-,16?,18?,19?/m1/s1. The summed E-state index contributed by atoms with van der Waals surface area (Å²) in [6.07, 6.45) is -0.0433. The second-order valence-electron chi connectivity index (χ2n) is 6.69. The monoisotopic (exact) mass is 280 g/mol. The highest BCUT2D eigenvalue weighted by Crippen LogP contribution is 2.33. The van der Waals surface area contributed by atoms with Gasteiger partial charge in [-0.3, -0.25) is 0 Å². The molecule has 0 amide bonds. The first-order chi connectivity index (χ1) is 9.51. The van der Waals surface area contributed by atoms with Crippen LogP contribution in [0.1, 0.15) is 12.5 Å². The molecule has 2 atom stereocenters. The number of piperazine rings is 3. The fourth-order valence-electron chi connectivity index (χ4n) is 3.59. The lowest BCUT2D eigenvalue weighted by Crippen LogP contribution is -2.77. The molecule has 4 rings (SSSR count). The van der Waals surface area contributed by atoms with Crippen LogP contribution in [0.4, 0.5) is 4.48 Å². The van der Waals surface area contributed by atoms with Gasteiger partial charge in [-0.2, -0.15) is 0 Å². The van der Waals surface area contributed by atoms with Crippen LogP contribution in [-0.4, -0.2) is 61.1 Å². The molecule has 0 aliphatic carbocycles. The molecule has 3 heterocycles. The molecule has 0 spiro atoms. The number of likely N-dealkylation sites (N-methyl/N-ethyl adjacent to an activating group) is 1. The van der Waals surface area contributed by atoms with Crippen LogP contribution in [-0.2, 0) is 11.3 Å². The van der Waals surface area contributed by atoms with E-state index in [-0.39, 0.29) is 16.9 Å². The van der Waals surface area contributed by atoms with Crippen molar-refractivity contribution in [3.8, 4) is 0 Å². The first-order valence-corrected chi connectivity index (χ1v) is 7.56. The van der Waals surface area contributed by atoms with Gasteiger partial charge in [0.2, 0.25) is 0 Å². The van der Waals surface area contributed by atoms with Gasteiger partial charge in [0.1, 0.15) is 25.7 Å². The largest absolute Gasteiger partial charge is 0.367 e. The topological polar surface area (TPSA) is 9.23 Å². The Hall–Kier alpha value is -0.970. The van der Waals surface area contributed by atoms with Crippen LogP contribution in [0, 0.1) is 0 Å². The fraction of sp³-hybridized carbons (Fsp3) is 0.625. The molecular formula is C16H25FN2O+2. The summed E-state index contributed by atoms with van der Waals surface area (Å²) in [5.41, 5.74) is 1.15. The minimum atomic E-state index is -0.288. The summed E-state index contributed by atoms with van der Waals surface area (Å²) in [6.45, 7) is 6.69. The van der Waals surface area contributed by atoms with E-state index in [2.05, 4.69) is 19.2 Å². The quantitative estimate of drug-likeness (QED) is 0.606. The maximum absolute atomic E-state index is 15.0. The Morgan fingerprint density at radius 2 is 1.85 bits per heavy atom. The zero-order valence-electron chi connectivity index (χ0n) is 12.5. The number of rotatable bonds is 4. The van der Waals surface area contributed by atoms with Crippen LogP contribution in [0.2, 0.25) is 0 Å². The first kappa shape index (κ1) is 14.0. The third kappa shape index (κ3) is 2.60. The zero-order chi connectivity index (χ0) is 14.2. The second kappa shape index (κ2) is 5.10. The van der Waals surface area contributed by atoms with Gasteiger partial charge < -0.3 is 9.22 Å². The Morgan fingerprint density at radius 3 is 2.50 bits per heavy atom. The van der Waals surface area contributed by atoms with Gasteiger partial charge in [-0.1, -0.05) is 30.3 Å². The highest BCUT2D eigenvalue weighted by molar-refractivity contribution is 5.13. The Labute approximate surface area is 120 Å². The summed E-state index contributed by atoms with van der Waals surface area (Å²) in [7, 11) is 2.25. The Bertz CT molecular complexity index is 457. The Balaban J connectivity index is 1.64. The van der Waals surface area contributed by atoms with E-state index in [1.165, 1.54) is 0 Å². The number of ether oxygens (including phenoxy) is 1. The predicted molar refractivity (Wildman–Crippen MR) is 76.4 cm³/mol. The van der Waals surface area contributed by atoms with E-state index in [0.29, 0.717) is 19.7 Å². The zero-order valence-corrected chi connectivity index (χ0v) is 12.5. The number of hydrogen-bond donors (Lipinski definition) is 0. The molecule has 3 fully saturated rings. The molecule has 0 aromatic heterocycles. The van der Waals surface area contributed by atoms with Crippen LogP contribution in [0.3, 0.4) is 0 Å². The van der Waals surface area contributed by atoms with Gasteiger partial charge in [-0.25, -0.2) is 0 Å². The van der Waals surface area contributed by atoms with Gasteiger partial charge in [0.25, 0.3) is 0 Å². The Morgan fingerprint density at radius 1 is 1.20 bits per heavy atom. The average Bonchev–Trinajstić information content (AvgIpc) is 2.47. The SMILES string of the molecule is C[C@@H](OCc1ccccc1)C1C[N+]2(C)CC[N+]1(F)CC2. The van der Waals surface area contributed by atoms with E-state index in [0.717, 1.165) is 29.7 Å². The first-order valence-electron chi connectivity index (χ1n) is 7.56. The van der Waals surface area contributed by atoms with E-state index in [9.17, 15) is 4.48 Å². The minimum Gasteiger partial charge on any atom is -0.367 e. The lowest BCUT2D eigenvalue weighted by molar-refractivity contribution is -1.16. The summed E-state index contributed by atoms with van der Waals surface area (Å²) in [5, 5.41) is 0. The van der Waals surface area contributed by atoms with Crippen LogP contribution in [0.5, 0.6) is 0 Å². The van der Waals surface area contributed by atoms with E-state index in [1.807, 2.05) is 25.1 Å². The normalized spacial score (nSPS) is 37.9. The molecule has 0 N–H and O–H groups in total. The van der Waals surface area contributed by atoms with Crippen LogP contribution < -0.4 is 0 Å². The molecule has 110 valence electrons. The summed E-state index contributed by atoms with van der Waals surface area (Å²) < 4.78 is 21.7. The number of benzene rings is 1. The lowest BCUT2D eigenvalue weighted by atomic mass is 10.0. The van der Waals surface area contributed by atoms with Gasteiger partial charge in [-0.05, 0) is 17.0 Å². The van der Waals surface area contributed by atoms with Crippen molar-refractivity contribution in [1.82, 2.24) is 0 Å². The van der Waals surface area contributed by atoms with Crippen LogP contribution in [0.25, 0.3) is 0 Å². The summed E-state index contributed by atoms with van der Waals surface area (Å²) in [5.74, 6) is 0. The fourth-order valence-corrected chi connectivity index (χ4v) is 3.59. The van der Waals surface area contributed by atoms with E-state index >= 15 is 0 Å². The predicted octanol–water partition coefficient (Wildman–Crippen LogP) is 2.14. The minimum absolute atomic E-state index is 0.0220. The molecular weight excluding hydrogens is 255 g/mol. The van der Waals surface area contributed by atoms with Crippen molar-refractivity contribution in [2.24, 2.45) is 0 Å². The van der Waals surface area contributed by atoms with E-state index in [4.69, 9.17) is 4.74 Å². The third-order valence-corrected chi connectivity index (χ3v) is 5.14. The molecule has 3 nitrogen and oxygen atoms in total. The molecule has 1 aromatic rings. The van der Waals surface area contributed by atoms with Crippen LogP contribution in [0.15, 0.2) is 30.3 Å². The Kier molecular flexibility index (Phi) is 3.56. The van der Waals surface area contributed by atoms with Gasteiger partial charge in [0.05, 0.1) is 13.7 Å². The van der Waals surface area contributed by atoms with Gasteiger partial charge >= 0.3 is 0 Å². The number of hydrogen-bond acceptors (Lipinski definition) is 1. The summed E-state index contributed by atoms with van der Waals surface area (Å²) in [4.78, 5) is 0. The van der Waals surface area contributed by atoms with Crippen LogP contribution >= 0.6 is 0 Å². The number of halogens is 1. The van der Waals surface area contributed by atoms with Crippen molar-refractivity contribution in [2.75, 3.05) is 39.8 Å². The lowest BCUT2D eigenvalue weighted by Gasteiger charge is -2.53. The molecule has 0 saturated carbocycles. The molecule has 20 heavy (non-hydrogen) atoms. The maximum atomic E-state index is 15.0. The average molecular weight is 280 g/mol. The van der Waals surface area contributed by atoms with Crippen molar-refractivity contribution in [3.05, 3.63) is 35.9 Å². The van der Waals surface area contributed by atoms with Crippen molar-refractivity contribution in [3.63, 3.8) is 0 Å². The molecule has 1 unspecified atom stereocenters. The summed E-state index contributed by atoms with van der Waals surface area (Å²) in [6, 6.07) is 10.1. The van der Waals surface area contributed by atoms with E-state index < -0.39 is 0 Å². The molecule has 3 aliphatic rings. The maximum Gasteiger partial charge on any atom is 0.200 e. The number of nitrogens with zero attached hydrogens (tertiary/aromatic N) is 2. The molecule has 3 saturated heterocycles. The van der Waals surface area contributed by atoms with Gasteiger partial charge in [0, 0.05) is 0 Å². The van der Waals surface area contributed by atoms with Crippen molar-refractivity contribution >= 4 is 0 Å². The molecule has 4 heteroatoms. The molecule has 3 aliphatic heterocycles. The van der Waals surface area contributed by atoms with Crippen molar-refractivity contribution in [2.45, 2.75) is 25.7 Å². The molecule has 2 bridgehead atoms. The molecule has 1 aromatic carbocycles. The van der Waals surface area contributed by atoms with E-state index in [1.54, 1.807) is 0 Å². The second-order valence-corrected chi connectivity index (χ2v) is 6.69. The van der Waals surface area contributed by atoms with Crippen molar-refractivity contribution < 1.29 is 18.4 Å². The van der Waals surface area contributed by atoms with Crippen molar-refractivity contribution in [1.29, 1.82) is 0 Å². The molecule has 0 radical (unpaired) electrons.